The first-order valence-corrected chi connectivity index (χ1v) is 8.32. The summed E-state index contributed by atoms with van der Waals surface area (Å²) in [7, 11) is 0. The Balaban J connectivity index is 0.000000173. The third-order valence-corrected chi connectivity index (χ3v) is 4.40. The highest BCUT2D eigenvalue weighted by molar-refractivity contribution is 5.25. The van der Waals surface area contributed by atoms with Gasteiger partial charge in [-0.1, -0.05) is 100 Å². The molecule has 0 atom stereocenters. The fourth-order valence-corrected chi connectivity index (χ4v) is 2.85. The first kappa shape index (κ1) is 15.8. The fourth-order valence-electron chi connectivity index (χ4n) is 2.85. The highest BCUT2D eigenvalue weighted by Crippen LogP contribution is 2.27. The van der Waals surface area contributed by atoms with Crippen LogP contribution in [-0.2, 0) is 6.42 Å². The van der Waals surface area contributed by atoms with E-state index in [1.807, 2.05) is 0 Å². The first-order valence-electron chi connectivity index (χ1n) is 8.32. The maximum Gasteiger partial charge on any atom is -0.00258 e. The summed E-state index contributed by atoms with van der Waals surface area (Å²) < 4.78 is 0. The molecule has 0 unspecified atom stereocenters. The van der Waals surface area contributed by atoms with Crippen LogP contribution in [0.1, 0.15) is 50.7 Å². The number of hydrogen-bond acceptors (Lipinski definition) is 0. The van der Waals surface area contributed by atoms with Gasteiger partial charge in [0.15, 0.2) is 0 Å². The van der Waals surface area contributed by atoms with Crippen molar-refractivity contribution in [1.82, 2.24) is 0 Å². The van der Waals surface area contributed by atoms with Gasteiger partial charge >= 0.3 is 0 Å². The fraction of sp³-hybridized carbons (Fsp3) is 0.429. The van der Waals surface area contributed by atoms with Gasteiger partial charge in [-0.25, -0.2) is 0 Å². The SMILES string of the molecule is CC1CCC(C)CC1.c1ccc(Cc2ccccc2)cc1. The Morgan fingerprint density at radius 2 is 0.952 bits per heavy atom. The van der Waals surface area contributed by atoms with Crippen LogP contribution in [0, 0.1) is 11.8 Å². The summed E-state index contributed by atoms with van der Waals surface area (Å²) in [4.78, 5) is 0. The van der Waals surface area contributed by atoms with Crippen LogP contribution < -0.4 is 0 Å². The van der Waals surface area contributed by atoms with Crippen LogP contribution in [0.2, 0.25) is 0 Å². The Labute approximate surface area is 130 Å². The zero-order chi connectivity index (χ0) is 14.9. The van der Waals surface area contributed by atoms with Gasteiger partial charge < -0.3 is 0 Å². The van der Waals surface area contributed by atoms with Crippen molar-refractivity contribution >= 4 is 0 Å². The number of hydrogen-bond donors (Lipinski definition) is 0. The van der Waals surface area contributed by atoms with Gasteiger partial charge in [0.1, 0.15) is 0 Å². The van der Waals surface area contributed by atoms with Gasteiger partial charge in [-0.3, -0.25) is 0 Å². The predicted molar refractivity (Wildman–Crippen MR) is 92.5 cm³/mol. The molecule has 0 saturated heterocycles. The van der Waals surface area contributed by atoms with Gasteiger partial charge in [0.05, 0.1) is 0 Å². The second kappa shape index (κ2) is 8.67. The minimum atomic E-state index is 1.02. The highest BCUT2D eigenvalue weighted by Gasteiger charge is 2.13. The van der Waals surface area contributed by atoms with Crippen molar-refractivity contribution in [3.8, 4) is 0 Å². The Bertz CT molecular complexity index is 430. The molecule has 0 aromatic heterocycles. The van der Waals surface area contributed by atoms with Gasteiger partial charge in [0, 0.05) is 0 Å². The second-order valence-corrected chi connectivity index (χ2v) is 6.51. The van der Waals surface area contributed by atoms with Crippen molar-refractivity contribution in [3.63, 3.8) is 0 Å². The molecule has 0 nitrogen and oxygen atoms in total. The molecule has 3 rings (SSSR count). The molecule has 0 bridgehead atoms. The number of benzene rings is 2. The largest absolute Gasteiger partial charge is 0.0625 e. The second-order valence-electron chi connectivity index (χ2n) is 6.51. The van der Waals surface area contributed by atoms with Crippen LogP contribution in [0.4, 0.5) is 0 Å². The maximum atomic E-state index is 2.37. The minimum Gasteiger partial charge on any atom is -0.0625 e. The van der Waals surface area contributed by atoms with Crippen LogP contribution in [0.15, 0.2) is 60.7 Å². The summed E-state index contributed by atoms with van der Waals surface area (Å²) >= 11 is 0. The average molecular weight is 280 g/mol. The lowest BCUT2D eigenvalue weighted by Crippen LogP contribution is -2.08. The molecule has 1 aliphatic carbocycles. The molecule has 0 amide bonds. The Kier molecular flexibility index (Phi) is 6.53. The summed E-state index contributed by atoms with van der Waals surface area (Å²) in [6.45, 7) is 4.73. The van der Waals surface area contributed by atoms with E-state index in [-0.39, 0.29) is 0 Å². The molecule has 0 spiro atoms. The summed E-state index contributed by atoms with van der Waals surface area (Å²) in [5, 5.41) is 0. The third-order valence-electron chi connectivity index (χ3n) is 4.40. The Morgan fingerprint density at radius 1 is 0.619 bits per heavy atom. The van der Waals surface area contributed by atoms with E-state index in [2.05, 4.69) is 74.5 Å². The Hall–Kier alpha value is -1.56. The smallest absolute Gasteiger partial charge is 0.00258 e. The van der Waals surface area contributed by atoms with E-state index in [1.165, 1.54) is 36.8 Å². The lowest BCUT2D eigenvalue weighted by Gasteiger charge is -2.22. The van der Waals surface area contributed by atoms with E-state index in [9.17, 15) is 0 Å². The number of rotatable bonds is 2. The molecule has 1 saturated carbocycles. The standard InChI is InChI=1S/C13H12.C8H16/c1-3-7-12(8-4-1)11-13-9-5-2-6-10-13;1-7-3-5-8(2)6-4-7/h1-10H,11H2;7-8H,3-6H2,1-2H3. The van der Waals surface area contributed by atoms with Crippen molar-refractivity contribution in [3.05, 3.63) is 71.8 Å². The molecule has 0 heteroatoms. The lowest BCUT2D eigenvalue weighted by atomic mass is 9.84. The van der Waals surface area contributed by atoms with E-state index >= 15 is 0 Å². The topological polar surface area (TPSA) is 0 Å². The zero-order valence-electron chi connectivity index (χ0n) is 13.5. The van der Waals surface area contributed by atoms with Gasteiger partial charge in [-0.05, 0) is 29.4 Å². The summed E-state index contributed by atoms with van der Waals surface area (Å²) in [6.07, 6.45) is 6.92. The summed E-state index contributed by atoms with van der Waals surface area (Å²) in [5.41, 5.74) is 2.74. The molecule has 2 aromatic rings. The van der Waals surface area contributed by atoms with Crippen molar-refractivity contribution < 1.29 is 0 Å². The first-order chi connectivity index (χ1) is 10.2. The van der Waals surface area contributed by atoms with Gasteiger partial charge in [0.2, 0.25) is 0 Å². The van der Waals surface area contributed by atoms with E-state index in [0.29, 0.717) is 0 Å². The van der Waals surface area contributed by atoms with Crippen LogP contribution in [0.3, 0.4) is 0 Å². The molecule has 0 heterocycles. The van der Waals surface area contributed by atoms with E-state index in [0.717, 1.165) is 18.3 Å². The molecular weight excluding hydrogens is 252 g/mol. The molecule has 112 valence electrons. The van der Waals surface area contributed by atoms with Gasteiger partial charge in [-0.2, -0.15) is 0 Å². The molecule has 0 radical (unpaired) electrons. The molecule has 0 aliphatic heterocycles. The average Bonchev–Trinajstić information content (AvgIpc) is 2.53. The summed E-state index contributed by atoms with van der Waals surface area (Å²) in [5.74, 6) is 2.04. The van der Waals surface area contributed by atoms with Gasteiger partial charge in [0.25, 0.3) is 0 Å². The van der Waals surface area contributed by atoms with Crippen LogP contribution in [0.5, 0.6) is 0 Å². The molecule has 2 aromatic carbocycles. The maximum absolute atomic E-state index is 2.37. The molecule has 21 heavy (non-hydrogen) atoms. The lowest BCUT2D eigenvalue weighted by molar-refractivity contribution is 0.308. The zero-order valence-corrected chi connectivity index (χ0v) is 13.5. The van der Waals surface area contributed by atoms with Crippen LogP contribution >= 0.6 is 0 Å². The van der Waals surface area contributed by atoms with Crippen molar-refractivity contribution in [1.29, 1.82) is 0 Å². The molecule has 0 N–H and O–H groups in total. The Morgan fingerprint density at radius 3 is 1.29 bits per heavy atom. The normalized spacial score (nSPS) is 21.2. The highest BCUT2D eigenvalue weighted by atomic mass is 14.2. The minimum absolute atomic E-state index is 1.02. The van der Waals surface area contributed by atoms with Gasteiger partial charge in [-0.15, -0.1) is 0 Å². The van der Waals surface area contributed by atoms with E-state index in [1.54, 1.807) is 0 Å². The summed E-state index contributed by atoms with van der Waals surface area (Å²) in [6, 6.07) is 21.1. The van der Waals surface area contributed by atoms with Crippen molar-refractivity contribution in [2.45, 2.75) is 46.0 Å². The van der Waals surface area contributed by atoms with E-state index in [4.69, 9.17) is 0 Å². The van der Waals surface area contributed by atoms with E-state index < -0.39 is 0 Å². The monoisotopic (exact) mass is 280 g/mol. The van der Waals surface area contributed by atoms with Crippen molar-refractivity contribution in [2.24, 2.45) is 11.8 Å². The van der Waals surface area contributed by atoms with Crippen LogP contribution in [-0.4, -0.2) is 0 Å². The molecule has 1 fully saturated rings. The molecule has 1 aliphatic rings. The third kappa shape index (κ3) is 6.16. The van der Waals surface area contributed by atoms with Crippen molar-refractivity contribution in [2.75, 3.05) is 0 Å². The van der Waals surface area contributed by atoms with Crippen LogP contribution in [0.25, 0.3) is 0 Å². The molecular formula is C21H28. The quantitative estimate of drug-likeness (QED) is 0.622. The predicted octanol–water partition coefficient (Wildman–Crippen LogP) is 6.11.